The number of allylic oxidation sites excluding steroid dienone is 1. The minimum Gasteiger partial charge on any atom is -0.369 e. The number of halogens is 1. The van der Waals surface area contributed by atoms with E-state index in [9.17, 15) is 9.18 Å². The number of aromatic nitrogens is 2. The number of rotatable bonds is 3. The molecule has 1 atom stereocenters. The van der Waals surface area contributed by atoms with E-state index in [1.807, 2.05) is 6.07 Å². The lowest BCUT2D eigenvalue weighted by molar-refractivity contribution is 0.214. The standard InChI is InChI=1S/C25H29FN4O/c26-18-2-1-3-19(15-18)29-10-12-30(13-11-29)20-5-4-17(14-20)23-27-22-6-7-25(8-9-25)16-21(22)24(31)28-23/h1-3,14-15,20H,4-13,16H2,(H,27,28,31)/t20-/m1/s1. The molecule has 5 nitrogen and oxygen atoms in total. The zero-order valence-corrected chi connectivity index (χ0v) is 17.9. The Labute approximate surface area is 182 Å². The van der Waals surface area contributed by atoms with Gasteiger partial charge in [-0.2, -0.15) is 0 Å². The molecule has 0 radical (unpaired) electrons. The number of anilines is 1. The van der Waals surface area contributed by atoms with Crippen LogP contribution in [-0.2, 0) is 12.8 Å². The van der Waals surface area contributed by atoms with Crippen molar-refractivity contribution < 1.29 is 4.39 Å². The van der Waals surface area contributed by atoms with E-state index in [0.29, 0.717) is 11.5 Å². The number of H-pyrrole nitrogens is 1. The highest BCUT2D eigenvalue weighted by atomic mass is 19.1. The molecule has 1 saturated carbocycles. The van der Waals surface area contributed by atoms with Crippen LogP contribution >= 0.6 is 0 Å². The molecule has 1 saturated heterocycles. The van der Waals surface area contributed by atoms with Gasteiger partial charge in [0, 0.05) is 43.5 Å². The molecule has 3 aliphatic carbocycles. The number of aryl methyl sites for hydroxylation is 1. The van der Waals surface area contributed by atoms with E-state index in [2.05, 4.69) is 20.9 Å². The fourth-order valence-corrected chi connectivity index (χ4v) is 5.71. The van der Waals surface area contributed by atoms with Crippen LogP contribution in [0.2, 0.25) is 0 Å². The molecular formula is C25H29FN4O. The molecule has 162 valence electrons. The van der Waals surface area contributed by atoms with Gasteiger partial charge >= 0.3 is 0 Å². The molecule has 0 unspecified atom stereocenters. The Morgan fingerprint density at radius 3 is 2.71 bits per heavy atom. The minimum absolute atomic E-state index is 0.0824. The number of nitrogens with one attached hydrogen (secondary N) is 1. The highest BCUT2D eigenvalue weighted by molar-refractivity contribution is 5.63. The highest BCUT2D eigenvalue weighted by Crippen LogP contribution is 2.53. The predicted molar refractivity (Wildman–Crippen MR) is 120 cm³/mol. The van der Waals surface area contributed by atoms with Crippen molar-refractivity contribution in [2.24, 2.45) is 5.41 Å². The van der Waals surface area contributed by atoms with E-state index in [1.165, 1.54) is 30.9 Å². The molecule has 4 aliphatic rings. The molecular weight excluding hydrogens is 391 g/mol. The first-order valence-electron chi connectivity index (χ1n) is 11.7. The van der Waals surface area contributed by atoms with Crippen LogP contribution in [0.5, 0.6) is 0 Å². The summed E-state index contributed by atoms with van der Waals surface area (Å²) in [4.78, 5) is 25.5. The van der Waals surface area contributed by atoms with Gasteiger partial charge in [-0.15, -0.1) is 0 Å². The predicted octanol–water partition coefficient (Wildman–Crippen LogP) is 3.55. The van der Waals surface area contributed by atoms with Crippen LogP contribution in [0, 0.1) is 11.2 Å². The number of nitrogens with zero attached hydrogens (tertiary/aromatic N) is 3. The number of aromatic amines is 1. The molecule has 31 heavy (non-hydrogen) atoms. The van der Waals surface area contributed by atoms with Crippen LogP contribution in [0.1, 0.15) is 49.2 Å². The summed E-state index contributed by atoms with van der Waals surface area (Å²) in [5.74, 6) is 0.610. The van der Waals surface area contributed by atoms with Gasteiger partial charge in [-0.3, -0.25) is 9.69 Å². The Morgan fingerprint density at radius 2 is 1.94 bits per heavy atom. The number of fused-ring (bicyclic) bond motifs is 1. The average molecular weight is 421 g/mol. The summed E-state index contributed by atoms with van der Waals surface area (Å²) in [6.07, 6.45) is 9.94. The van der Waals surface area contributed by atoms with Crippen LogP contribution in [0.15, 0.2) is 35.1 Å². The van der Waals surface area contributed by atoms with Crippen molar-refractivity contribution in [3.05, 3.63) is 63.6 Å². The second kappa shape index (κ2) is 7.30. The lowest BCUT2D eigenvalue weighted by Gasteiger charge is -2.38. The van der Waals surface area contributed by atoms with Gasteiger partial charge in [0.1, 0.15) is 11.6 Å². The highest BCUT2D eigenvalue weighted by Gasteiger charge is 2.45. The maximum absolute atomic E-state index is 13.5. The SMILES string of the molecule is O=c1[nH]c(C2=C[C@H](N3CCN(c4cccc(F)c4)CC3)CC2)nc2c1CC1(CC2)CC1. The first-order valence-corrected chi connectivity index (χ1v) is 11.7. The smallest absolute Gasteiger partial charge is 0.254 e. The molecule has 0 amide bonds. The van der Waals surface area contributed by atoms with E-state index in [0.717, 1.165) is 74.6 Å². The van der Waals surface area contributed by atoms with Crippen molar-refractivity contribution in [3.63, 3.8) is 0 Å². The topological polar surface area (TPSA) is 52.2 Å². The molecule has 2 heterocycles. The van der Waals surface area contributed by atoms with E-state index in [-0.39, 0.29) is 11.4 Å². The minimum atomic E-state index is -0.179. The van der Waals surface area contributed by atoms with Gasteiger partial charge in [-0.25, -0.2) is 9.37 Å². The molecule has 6 rings (SSSR count). The van der Waals surface area contributed by atoms with Gasteiger partial charge < -0.3 is 9.88 Å². The maximum Gasteiger partial charge on any atom is 0.254 e. The van der Waals surface area contributed by atoms with E-state index >= 15 is 0 Å². The summed E-state index contributed by atoms with van der Waals surface area (Å²) >= 11 is 0. The molecule has 1 aliphatic heterocycles. The lowest BCUT2D eigenvalue weighted by Crippen LogP contribution is -2.49. The van der Waals surface area contributed by atoms with Crippen molar-refractivity contribution in [1.82, 2.24) is 14.9 Å². The van der Waals surface area contributed by atoms with E-state index in [1.54, 1.807) is 12.1 Å². The van der Waals surface area contributed by atoms with E-state index in [4.69, 9.17) is 4.98 Å². The molecule has 2 aromatic rings. The first-order chi connectivity index (χ1) is 15.1. The molecule has 1 aromatic heterocycles. The molecule has 2 fully saturated rings. The largest absolute Gasteiger partial charge is 0.369 e. The van der Waals surface area contributed by atoms with Crippen molar-refractivity contribution in [2.75, 3.05) is 31.1 Å². The van der Waals surface area contributed by atoms with Crippen LogP contribution in [0.25, 0.3) is 5.57 Å². The quantitative estimate of drug-likeness (QED) is 0.825. The zero-order valence-electron chi connectivity index (χ0n) is 17.9. The van der Waals surface area contributed by atoms with Crippen LogP contribution in [0.4, 0.5) is 10.1 Å². The Morgan fingerprint density at radius 1 is 1.10 bits per heavy atom. The summed E-state index contributed by atoms with van der Waals surface area (Å²) < 4.78 is 13.5. The van der Waals surface area contributed by atoms with Gasteiger partial charge in [-0.05, 0) is 74.1 Å². The number of hydrogen-bond acceptors (Lipinski definition) is 4. The second-order valence-corrected chi connectivity index (χ2v) is 9.82. The summed E-state index contributed by atoms with van der Waals surface area (Å²) in [6, 6.07) is 7.26. The number of benzene rings is 1. The third-order valence-corrected chi connectivity index (χ3v) is 7.87. The zero-order chi connectivity index (χ0) is 21.0. The van der Waals surface area contributed by atoms with Crippen LogP contribution in [-0.4, -0.2) is 47.1 Å². The Balaban J connectivity index is 1.15. The third kappa shape index (κ3) is 3.61. The molecule has 6 heteroatoms. The van der Waals surface area contributed by atoms with Gasteiger partial charge in [0.05, 0.1) is 5.69 Å². The Bertz CT molecular complexity index is 1090. The Kier molecular flexibility index (Phi) is 4.53. The van der Waals surface area contributed by atoms with Crippen molar-refractivity contribution in [2.45, 2.75) is 51.0 Å². The van der Waals surface area contributed by atoms with Crippen LogP contribution in [0.3, 0.4) is 0 Å². The fraction of sp³-hybridized carbons (Fsp3) is 0.520. The average Bonchev–Trinajstić information content (AvgIpc) is 3.34. The van der Waals surface area contributed by atoms with Gasteiger partial charge in [0.15, 0.2) is 0 Å². The van der Waals surface area contributed by atoms with Gasteiger partial charge in [0.2, 0.25) is 0 Å². The lowest BCUT2D eigenvalue weighted by atomic mass is 9.84. The first kappa shape index (κ1) is 19.2. The monoisotopic (exact) mass is 420 g/mol. The molecule has 1 spiro atoms. The van der Waals surface area contributed by atoms with Gasteiger partial charge in [-0.1, -0.05) is 12.1 Å². The van der Waals surface area contributed by atoms with E-state index < -0.39 is 0 Å². The van der Waals surface area contributed by atoms with Crippen LogP contribution < -0.4 is 10.5 Å². The third-order valence-electron chi connectivity index (χ3n) is 7.87. The summed E-state index contributed by atoms with van der Waals surface area (Å²) in [5.41, 5.74) is 4.63. The molecule has 1 aromatic carbocycles. The summed E-state index contributed by atoms with van der Waals surface area (Å²) in [6.45, 7) is 3.72. The second-order valence-electron chi connectivity index (χ2n) is 9.82. The number of hydrogen-bond donors (Lipinski definition) is 1. The fourth-order valence-electron chi connectivity index (χ4n) is 5.71. The Hall–Kier alpha value is -2.47. The summed E-state index contributed by atoms with van der Waals surface area (Å²) in [7, 11) is 0. The molecule has 0 bridgehead atoms. The van der Waals surface area contributed by atoms with Crippen molar-refractivity contribution in [1.29, 1.82) is 0 Å². The normalized spacial score (nSPS) is 24.9. The van der Waals surface area contributed by atoms with Crippen molar-refractivity contribution in [3.8, 4) is 0 Å². The number of piperazine rings is 1. The molecule has 1 N–H and O–H groups in total. The summed E-state index contributed by atoms with van der Waals surface area (Å²) in [5, 5.41) is 0. The van der Waals surface area contributed by atoms with Crippen molar-refractivity contribution >= 4 is 11.3 Å². The maximum atomic E-state index is 13.5. The van der Waals surface area contributed by atoms with Gasteiger partial charge in [0.25, 0.3) is 5.56 Å².